The number of hydrogen-bond donors (Lipinski definition) is 3. The summed E-state index contributed by atoms with van der Waals surface area (Å²) in [7, 11) is 0. The molecule has 2 aromatic rings. The molecule has 1 aromatic carbocycles. The van der Waals surface area contributed by atoms with Crippen molar-refractivity contribution in [1.82, 2.24) is 15.5 Å². The van der Waals surface area contributed by atoms with Gasteiger partial charge in [-0.3, -0.25) is 9.89 Å². The molecule has 0 saturated carbocycles. The molecule has 0 aliphatic carbocycles. The molecular formula is C14H15BrCl2N4O. The molecule has 0 bridgehead atoms. The maximum absolute atomic E-state index is 12.0. The van der Waals surface area contributed by atoms with E-state index >= 15 is 0 Å². The average molecular weight is 406 g/mol. The van der Waals surface area contributed by atoms with Gasteiger partial charge >= 0.3 is 0 Å². The third-order valence-corrected chi connectivity index (χ3v) is 4.30. The molecule has 1 aliphatic heterocycles. The van der Waals surface area contributed by atoms with Gasteiger partial charge in [-0.05, 0) is 31.2 Å². The van der Waals surface area contributed by atoms with E-state index in [1.807, 2.05) is 18.2 Å². The molecule has 2 heterocycles. The highest BCUT2D eigenvalue weighted by Gasteiger charge is 2.23. The van der Waals surface area contributed by atoms with Gasteiger partial charge in [0.25, 0.3) is 0 Å². The molecule has 3 rings (SSSR count). The van der Waals surface area contributed by atoms with Crippen LogP contribution in [0.5, 0.6) is 0 Å². The number of anilines is 1. The Morgan fingerprint density at radius 1 is 1.41 bits per heavy atom. The van der Waals surface area contributed by atoms with Crippen molar-refractivity contribution >= 4 is 51.7 Å². The predicted molar refractivity (Wildman–Crippen MR) is 93.6 cm³/mol. The van der Waals surface area contributed by atoms with Crippen LogP contribution in [0, 0.1) is 5.92 Å². The van der Waals surface area contributed by atoms with Crippen LogP contribution in [0.3, 0.4) is 0 Å². The molecule has 1 atom stereocenters. The average Bonchev–Trinajstić information content (AvgIpc) is 3.12. The largest absolute Gasteiger partial charge is 0.316 e. The maximum Gasteiger partial charge on any atom is 0.230 e. The van der Waals surface area contributed by atoms with Crippen LogP contribution in [-0.2, 0) is 4.79 Å². The van der Waals surface area contributed by atoms with E-state index in [0.29, 0.717) is 10.8 Å². The van der Waals surface area contributed by atoms with Crippen LogP contribution in [-0.4, -0.2) is 29.2 Å². The fraction of sp³-hybridized carbons (Fsp3) is 0.286. The van der Waals surface area contributed by atoms with Crippen molar-refractivity contribution in [3.8, 4) is 11.3 Å². The lowest BCUT2D eigenvalue weighted by molar-refractivity contribution is -0.119. The van der Waals surface area contributed by atoms with Crippen LogP contribution < -0.4 is 10.6 Å². The topological polar surface area (TPSA) is 69.8 Å². The van der Waals surface area contributed by atoms with E-state index in [-0.39, 0.29) is 24.2 Å². The number of carbonyl (C=O) groups is 1. The summed E-state index contributed by atoms with van der Waals surface area (Å²) in [6, 6.07) is 7.37. The van der Waals surface area contributed by atoms with Gasteiger partial charge in [-0.15, -0.1) is 12.4 Å². The summed E-state index contributed by atoms with van der Waals surface area (Å²) in [6.07, 6.45) is 0.862. The molecule has 1 aliphatic rings. The smallest absolute Gasteiger partial charge is 0.230 e. The van der Waals surface area contributed by atoms with Crippen LogP contribution in [0.1, 0.15) is 6.42 Å². The highest BCUT2D eigenvalue weighted by molar-refractivity contribution is 9.10. The molecule has 1 saturated heterocycles. The summed E-state index contributed by atoms with van der Waals surface area (Å²) in [5.41, 5.74) is 1.60. The number of nitrogens with one attached hydrogen (secondary N) is 3. The van der Waals surface area contributed by atoms with E-state index < -0.39 is 0 Å². The molecule has 1 aromatic heterocycles. The zero-order valence-electron chi connectivity index (χ0n) is 11.5. The Labute approximate surface area is 147 Å². The Hall–Kier alpha value is -1.08. The van der Waals surface area contributed by atoms with Gasteiger partial charge < -0.3 is 10.6 Å². The van der Waals surface area contributed by atoms with E-state index in [1.165, 1.54) is 0 Å². The summed E-state index contributed by atoms with van der Waals surface area (Å²) < 4.78 is 0.930. The molecule has 0 spiro atoms. The van der Waals surface area contributed by atoms with Crippen molar-refractivity contribution in [2.45, 2.75) is 6.42 Å². The van der Waals surface area contributed by atoms with E-state index in [2.05, 4.69) is 36.8 Å². The van der Waals surface area contributed by atoms with Crippen molar-refractivity contribution in [2.75, 3.05) is 18.4 Å². The maximum atomic E-state index is 12.0. The van der Waals surface area contributed by atoms with Crippen LogP contribution in [0.2, 0.25) is 5.02 Å². The minimum atomic E-state index is -0.00149. The first-order valence-electron chi connectivity index (χ1n) is 6.66. The van der Waals surface area contributed by atoms with Crippen molar-refractivity contribution in [1.29, 1.82) is 0 Å². The number of aromatic nitrogens is 2. The minimum Gasteiger partial charge on any atom is -0.316 e. The molecule has 8 heteroatoms. The van der Waals surface area contributed by atoms with Gasteiger partial charge in [-0.2, -0.15) is 5.10 Å². The van der Waals surface area contributed by atoms with Gasteiger partial charge in [0, 0.05) is 22.6 Å². The summed E-state index contributed by atoms with van der Waals surface area (Å²) in [6.45, 7) is 1.61. The predicted octanol–water partition coefficient (Wildman–Crippen LogP) is 3.46. The van der Waals surface area contributed by atoms with Crippen molar-refractivity contribution in [2.24, 2.45) is 5.92 Å². The van der Waals surface area contributed by atoms with Crippen molar-refractivity contribution in [3.63, 3.8) is 0 Å². The molecular weight excluding hydrogens is 391 g/mol. The molecule has 22 heavy (non-hydrogen) atoms. The van der Waals surface area contributed by atoms with Crippen LogP contribution in [0.25, 0.3) is 11.3 Å². The Bertz CT molecular complexity index is 671. The van der Waals surface area contributed by atoms with Crippen molar-refractivity contribution in [3.05, 3.63) is 33.8 Å². The number of amides is 1. The Balaban J connectivity index is 0.00000176. The number of hydrogen-bond acceptors (Lipinski definition) is 3. The zero-order chi connectivity index (χ0) is 14.8. The lowest BCUT2D eigenvalue weighted by Crippen LogP contribution is -2.24. The minimum absolute atomic E-state index is 0. The van der Waals surface area contributed by atoms with Gasteiger partial charge in [0.1, 0.15) is 0 Å². The molecule has 1 fully saturated rings. The normalized spacial score (nSPS) is 17.1. The second-order valence-electron chi connectivity index (χ2n) is 4.97. The number of nitrogens with zero attached hydrogens (tertiary/aromatic N) is 1. The van der Waals surface area contributed by atoms with E-state index in [4.69, 9.17) is 11.6 Å². The SMILES string of the molecule is Cl.O=C(Nc1cc(-c2cc(Br)ccc2Cl)[nH]n1)C1CCNC1. The number of H-pyrrole nitrogens is 1. The van der Waals surface area contributed by atoms with E-state index in [1.54, 1.807) is 6.07 Å². The van der Waals surface area contributed by atoms with Crippen LogP contribution in [0.15, 0.2) is 28.7 Å². The third-order valence-electron chi connectivity index (χ3n) is 3.48. The van der Waals surface area contributed by atoms with Gasteiger partial charge in [-0.1, -0.05) is 27.5 Å². The van der Waals surface area contributed by atoms with Gasteiger partial charge in [0.05, 0.1) is 16.6 Å². The van der Waals surface area contributed by atoms with Gasteiger partial charge in [0.2, 0.25) is 5.91 Å². The molecule has 1 amide bonds. The summed E-state index contributed by atoms with van der Waals surface area (Å²) >= 11 is 9.60. The highest BCUT2D eigenvalue weighted by atomic mass is 79.9. The molecule has 0 radical (unpaired) electrons. The van der Waals surface area contributed by atoms with Gasteiger partial charge in [0.15, 0.2) is 5.82 Å². The molecule has 3 N–H and O–H groups in total. The van der Waals surface area contributed by atoms with E-state index in [0.717, 1.165) is 35.2 Å². The first-order valence-corrected chi connectivity index (χ1v) is 7.83. The number of halogens is 3. The first kappa shape index (κ1) is 17.3. The highest BCUT2D eigenvalue weighted by Crippen LogP contribution is 2.30. The molecule has 1 unspecified atom stereocenters. The number of rotatable bonds is 3. The summed E-state index contributed by atoms with van der Waals surface area (Å²) in [4.78, 5) is 12.0. The molecule has 5 nitrogen and oxygen atoms in total. The second kappa shape index (κ2) is 7.46. The van der Waals surface area contributed by atoms with Gasteiger partial charge in [-0.25, -0.2) is 0 Å². The number of aromatic amines is 1. The summed E-state index contributed by atoms with van der Waals surface area (Å²) in [5, 5.41) is 13.7. The quantitative estimate of drug-likeness (QED) is 0.732. The number of benzene rings is 1. The van der Waals surface area contributed by atoms with Crippen molar-refractivity contribution < 1.29 is 4.79 Å². The van der Waals surface area contributed by atoms with E-state index in [9.17, 15) is 4.79 Å². The fourth-order valence-corrected chi connectivity index (χ4v) is 2.91. The standard InChI is InChI=1S/C14H14BrClN4O.ClH/c15-9-1-2-11(16)10(5-9)12-6-13(20-19-12)18-14(21)8-3-4-17-7-8;/h1-2,5-6,8,17H,3-4,7H2,(H2,18,19,20,21);1H. The van der Waals surface area contributed by atoms with Crippen LogP contribution >= 0.6 is 39.9 Å². The lowest BCUT2D eigenvalue weighted by atomic mass is 10.1. The van der Waals surface area contributed by atoms with Crippen LogP contribution in [0.4, 0.5) is 5.82 Å². The number of carbonyl (C=O) groups excluding carboxylic acids is 1. The Kier molecular flexibility index (Phi) is 5.86. The second-order valence-corrected chi connectivity index (χ2v) is 6.29. The molecule has 118 valence electrons. The Morgan fingerprint density at radius 2 is 2.23 bits per heavy atom. The first-order chi connectivity index (χ1) is 10.1. The fourth-order valence-electron chi connectivity index (χ4n) is 2.33. The third kappa shape index (κ3) is 3.81. The monoisotopic (exact) mass is 404 g/mol. The zero-order valence-corrected chi connectivity index (χ0v) is 14.7. The lowest BCUT2D eigenvalue weighted by Gasteiger charge is -2.06. The Morgan fingerprint density at radius 3 is 2.95 bits per heavy atom. The summed E-state index contributed by atoms with van der Waals surface area (Å²) in [5.74, 6) is 0.524.